The average molecular weight is 368 g/mol. The number of carboxylic acid groups (broad SMARTS) is 2. The third kappa shape index (κ3) is 31.8. The molecule has 22 heavy (non-hydrogen) atoms. The predicted molar refractivity (Wildman–Crippen MR) is 86.5 cm³/mol. The zero-order valence-corrected chi connectivity index (χ0v) is 17.9. The van der Waals surface area contributed by atoms with Crippen molar-refractivity contribution in [3.8, 4) is 0 Å². The summed E-state index contributed by atoms with van der Waals surface area (Å²) < 4.78 is 0. The van der Waals surface area contributed by atoms with E-state index in [0.29, 0.717) is 18.8 Å². The van der Waals surface area contributed by atoms with Gasteiger partial charge in [0.25, 0.3) is 0 Å². The Kier molecular flexibility index (Phi) is 22.4. The van der Waals surface area contributed by atoms with E-state index in [1.165, 1.54) is 12.8 Å². The molecular weight excluding hydrogens is 334 g/mol. The Morgan fingerprint density at radius 3 is 1.32 bits per heavy atom. The van der Waals surface area contributed by atoms with Crippen molar-refractivity contribution in [2.45, 2.75) is 85.5 Å². The summed E-state index contributed by atoms with van der Waals surface area (Å²) in [5.74, 6) is 0.104. The Balaban J connectivity index is -0.000000315. The summed E-state index contributed by atoms with van der Waals surface area (Å²) in [6.07, 6.45) is 7.96. The van der Waals surface area contributed by atoms with Crippen LogP contribution in [-0.4, -0.2) is 22.2 Å². The molecule has 0 aliphatic rings. The van der Waals surface area contributed by atoms with Gasteiger partial charge in [-0.2, -0.15) is 0 Å². The summed E-state index contributed by atoms with van der Waals surface area (Å²) in [5.41, 5.74) is 0. The molecule has 5 heteroatoms. The summed E-state index contributed by atoms with van der Waals surface area (Å²) in [4.78, 5) is 20.1. The van der Waals surface area contributed by atoms with Crippen molar-refractivity contribution in [2.24, 2.45) is 11.8 Å². The van der Waals surface area contributed by atoms with Crippen molar-refractivity contribution in [3.05, 3.63) is 0 Å². The third-order valence-electron chi connectivity index (χ3n) is 3.09. The minimum Gasteiger partial charge on any atom is -0.481 e. The molecule has 0 atom stereocenters. The first-order valence-electron chi connectivity index (χ1n) is 8.19. The van der Waals surface area contributed by atoms with Crippen LogP contribution in [-0.2, 0) is 29.1 Å². The van der Waals surface area contributed by atoms with E-state index in [0.717, 1.165) is 38.0 Å². The van der Waals surface area contributed by atoms with Crippen molar-refractivity contribution < 1.29 is 39.3 Å². The van der Waals surface area contributed by atoms with Crippen LogP contribution in [0.15, 0.2) is 0 Å². The number of carboxylic acids is 2. The van der Waals surface area contributed by atoms with Gasteiger partial charge in [0.05, 0.1) is 0 Å². The smallest absolute Gasteiger partial charge is 0.303 e. The Hall–Kier alpha value is -0.437. The van der Waals surface area contributed by atoms with Gasteiger partial charge in [-0.3, -0.25) is 9.59 Å². The van der Waals surface area contributed by atoms with Gasteiger partial charge in [0, 0.05) is 32.3 Å². The molecular formula is C17H34O4Zn. The predicted octanol–water partition coefficient (Wildman–Crippen LogP) is 4.96. The quantitative estimate of drug-likeness (QED) is 0.399. The first-order valence-corrected chi connectivity index (χ1v) is 8.19. The molecule has 2 N–H and O–H groups in total. The molecule has 0 fully saturated rings. The third-order valence-corrected chi connectivity index (χ3v) is 3.09. The van der Waals surface area contributed by atoms with E-state index in [1.807, 2.05) is 0 Å². The molecule has 4 nitrogen and oxygen atoms in total. The van der Waals surface area contributed by atoms with Crippen LogP contribution in [0.4, 0.5) is 0 Å². The topological polar surface area (TPSA) is 74.6 Å². The van der Waals surface area contributed by atoms with Crippen molar-refractivity contribution in [1.82, 2.24) is 0 Å². The summed E-state index contributed by atoms with van der Waals surface area (Å²) in [6, 6.07) is 0. The fourth-order valence-corrected chi connectivity index (χ4v) is 1.83. The summed E-state index contributed by atoms with van der Waals surface area (Å²) in [5, 5.41) is 16.6. The zero-order valence-electron chi connectivity index (χ0n) is 14.9. The van der Waals surface area contributed by atoms with Gasteiger partial charge in [-0.05, 0) is 24.7 Å². The van der Waals surface area contributed by atoms with E-state index in [4.69, 9.17) is 10.2 Å². The maximum absolute atomic E-state index is 10.1. The largest absolute Gasteiger partial charge is 0.481 e. The Labute approximate surface area is 148 Å². The normalized spacial score (nSPS) is 9.91. The van der Waals surface area contributed by atoms with Crippen LogP contribution < -0.4 is 0 Å². The summed E-state index contributed by atoms with van der Waals surface area (Å²) in [6.45, 7) is 8.69. The van der Waals surface area contributed by atoms with Crippen LogP contribution in [0.25, 0.3) is 0 Å². The molecule has 0 aliphatic heterocycles. The molecule has 0 rings (SSSR count). The van der Waals surface area contributed by atoms with E-state index < -0.39 is 11.9 Å². The second kappa shape index (κ2) is 18.6. The molecule has 0 bridgehead atoms. The van der Waals surface area contributed by atoms with Crippen LogP contribution in [0.1, 0.15) is 85.5 Å². The van der Waals surface area contributed by atoms with Crippen molar-refractivity contribution in [2.75, 3.05) is 0 Å². The van der Waals surface area contributed by atoms with Crippen LogP contribution in [0.3, 0.4) is 0 Å². The molecule has 0 aromatic carbocycles. The van der Waals surface area contributed by atoms with Crippen molar-refractivity contribution in [3.63, 3.8) is 0 Å². The van der Waals surface area contributed by atoms with Crippen molar-refractivity contribution >= 4 is 11.9 Å². The van der Waals surface area contributed by atoms with Crippen LogP contribution >= 0.6 is 0 Å². The first-order chi connectivity index (χ1) is 9.75. The van der Waals surface area contributed by atoms with Gasteiger partial charge >= 0.3 is 11.9 Å². The zero-order chi connectivity index (χ0) is 16.7. The Morgan fingerprint density at radius 2 is 1.00 bits per heavy atom. The monoisotopic (exact) mass is 366 g/mol. The molecule has 0 unspecified atom stereocenters. The Morgan fingerprint density at radius 1 is 0.682 bits per heavy atom. The van der Waals surface area contributed by atoms with Gasteiger partial charge in [-0.1, -0.05) is 59.8 Å². The fraction of sp³-hybridized carbons (Fsp3) is 0.882. The molecule has 0 heterocycles. The maximum Gasteiger partial charge on any atom is 0.303 e. The summed E-state index contributed by atoms with van der Waals surface area (Å²) >= 11 is 0. The number of unbranched alkanes of at least 4 members (excludes halogenated alkanes) is 3. The van der Waals surface area contributed by atoms with E-state index >= 15 is 0 Å². The van der Waals surface area contributed by atoms with Gasteiger partial charge in [0.15, 0.2) is 0 Å². The number of carbonyl (C=O) groups is 2. The van der Waals surface area contributed by atoms with Gasteiger partial charge < -0.3 is 10.2 Å². The fourth-order valence-electron chi connectivity index (χ4n) is 1.83. The molecule has 0 aromatic rings. The van der Waals surface area contributed by atoms with Gasteiger partial charge in [0.2, 0.25) is 0 Å². The SMILES string of the molecule is CC(C)CCCCC(=O)O.CC(C)CCCCCC(=O)O.[Zn]. The molecule has 0 radical (unpaired) electrons. The molecule has 128 valence electrons. The van der Waals surface area contributed by atoms with Gasteiger partial charge in [-0.25, -0.2) is 0 Å². The van der Waals surface area contributed by atoms with Crippen LogP contribution in [0, 0.1) is 11.8 Å². The van der Waals surface area contributed by atoms with Gasteiger partial charge in [-0.15, -0.1) is 0 Å². The van der Waals surface area contributed by atoms with E-state index in [1.54, 1.807) is 0 Å². The minimum atomic E-state index is -0.677. The molecule has 0 spiro atoms. The molecule has 0 aromatic heterocycles. The summed E-state index contributed by atoms with van der Waals surface area (Å²) in [7, 11) is 0. The second-order valence-electron chi connectivity index (χ2n) is 6.42. The molecule has 0 saturated carbocycles. The van der Waals surface area contributed by atoms with E-state index in [2.05, 4.69) is 27.7 Å². The first kappa shape index (κ1) is 26.5. The standard InChI is InChI=1S/C9H18O2.C8H16O2.Zn/c1-8(2)6-4-3-5-7-9(10)11;1-7(2)5-3-4-6-8(9)10;/h8H,3-7H2,1-2H3,(H,10,11);7H,3-6H2,1-2H3,(H,9,10);. The maximum atomic E-state index is 10.1. The molecule has 0 saturated heterocycles. The number of hydrogen-bond acceptors (Lipinski definition) is 2. The van der Waals surface area contributed by atoms with Crippen molar-refractivity contribution in [1.29, 1.82) is 0 Å². The average Bonchev–Trinajstić information content (AvgIpc) is 2.34. The Bertz CT molecular complexity index is 265. The van der Waals surface area contributed by atoms with Crippen LogP contribution in [0.5, 0.6) is 0 Å². The number of aliphatic carboxylic acids is 2. The second-order valence-corrected chi connectivity index (χ2v) is 6.42. The van der Waals surface area contributed by atoms with Crippen LogP contribution in [0.2, 0.25) is 0 Å². The number of rotatable bonds is 11. The van der Waals surface area contributed by atoms with E-state index in [9.17, 15) is 9.59 Å². The molecule has 0 aliphatic carbocycles. The minimum absolute atomic E-state index is 0. The number of hydrogen-bond donors (Lipinski definition) is 2. The molecule has 0 amide bonds. The van der Waals surface area contributed by atoms with E-state index in [-0.39, 0.29) is 19.5 Å². The van der Waals surface area contributed by atoms with Gasteiger partial charge in [0.1, 0.15) is 0 Å².